The lowest BCUT2D eigenvalue weighted by Crippen LogP contribution is -2.02. The predicted molar refractivity (Wildman–Crippen MR) is 51.3 cm³/mol. The maximum Gasteiger partial charge on any atom is 0.152 e. The minimum Gasteiger partial charge on any atom is -0.458 e. The second kappa shape index (κ2) is 2.85. The number of aromatic nitrogens is 1. The summed E-state index contributed by atoms with van der Waals surface area (Å²) in [6.07, 6.45) is 0. The van der Waals surface area contributed by atoms with Crippen LogP contribution in [-0.2, 0) is 0 Å². The van der Waals surface area contributed by atoms with Gasteiger partial charge in [0.25, 0.3) is 0 Å². The summed E-state index contributed by atoms with van der Waals surface area (Å²) >= 11 is 0. The Bertz CT molecular complexity index is 431. The van der Waals surface area contributed by atoms with Gasteiger partial charge in [0.05, 0.1) is 6.04 Å². The monoisotopic (exact) mass is 176 g/mol. The zero-order valence-electron chi connectivity index (χ0n) is 7.74. The zero-order chi connectivity index (χ0) is 9.42. The van der Waals surface area contributed by atoms with Gasteiger partial charge in [-0.15, -0.1) is 0 Å². The van der Waals surface area contributed by atoms with Gasteiger partial charge in [0.15, 0.2) is 5.58 Å². The first-order chi connectivity index (χ1) is 6.16. The fourth-order valence-electron chi connectivity index (χ4n) is 1.27. The number of hydrogen-bond donors (Lipinski definition) is 1. The van der Waals surface area contributed by atoms with E-state index < -0.39 is 0 Å². The van der Waals surface area contributed by atoms with Crippen molar-refractivity contribution in [2.24, 2.45) is 5.73 Å². The molecule has 0 saturated carbocycles. The number of nitrogens with zero attached hydrogens (tertiary/aromatic N) is 1. The molecule has 3 nitrogen and oxygen atoms in total. The molecule has 0 aliphatic rings. The fourth-order valence-corrected chi connectivity index (χ4v) is 1.27. The number of hydrogen-bond acceptors (Lipinski definition) is 3. The van der Waals surface area contributed by atoms with Crippen molar-refractivity contribution in [1.82, 2.24) is 4.98 Å². The number of furan rings is 1. The van der Waals surface area contributed by atoms with E-state index in [9.17, 15) is 0 Å². The van der Waals surface area contributed by atoms with Crippen LogP contribution in [0.4, 0.5) is 0 Å². The highest BCUT2D eigenvalue weighted by atomic mass is 16.3. The largest absolute Gasteiger partial charge is 0.458 e. The summed E-state index contributed by atoms with van der Waals surface area (Å²) in [5.74, 6) is 0.785. The molecule has 0 spiro atoms. The normalized spacial score (nSPS) is 13.5. The SMILES string of the molecule is Cc1ccc2oc(C(C)N)cc2n1. The minimum absolute atomic E-state index is 0.0745. The molecule has 2 N–H and O–H groups in total. The summed E-state index contributed by atoms with van der Waals surface area (Å²) in [6, 6.07) is 5.67. The van der Waals surface area contributed by atoms with Crippen molar-refractivity contribution < 1.29 is 4.42 Å². The van der Waals surface area contributed by atoms with Crippen molar-refractivity contribution in [1.29, 1.82) is 0 Å². The quantitative estimate of drug-likeness (QED) is 0.724. The van der Waals surface area contributed by atoms with Crippen molar-refractivity contribution in [3.63, 3.8) is 0 Å². The lowest BCUT2D eigenvalue weighted by molar-refractivity contribution is 0.513. The van der Waals surface area contributed by atoms with Gasteiger partial charge in [-0.2, -0.15) is 0 Å². The molecule has 0 saturated heterocycles. The third-order valence-corrected chi connectivity index (χ3v) is 1.98. The van der Waals surface area contributed by atoms with E-state index in [4.69, 9.17) is 10.2 Å². The van der Waals surface area contributed by atoms with E-state index in [2.05, 4.69) is 4.98 Å². The molecule has 3 heteroatoms. The van der Waals surface area contributed by atoms with Gasteiger partial charge in [0.2, 0.25) is 0 Å². The molecule has 0 aromatic carbocycles. The molecule has 2 rings (SSSR count). The van der Waals surface area contributed by atoms with Crippen LogP contribution in [0.2, 0.25) is 0 Å². The first-order valence-electron chi connectivity index (χ1n) is 4.29. The summed E-state index contributed by atoms with van der Waals surface area (Å²) in [6.45, 7) is 3.85. The summed E-state index contributed by atoms with van der Waals surface area (Å²) in [5, 5.41) is 0. The van der Waals surface area contributed by atoms with Crippen LogP contribution in [0.15, 0.2) is 22.6 Å². The molecule has 0 radical (unpaired) electrons. The zero-order valence-corrected chi connectivity index (χ0v) is 7.74. The summed E-state index contributed by atoms with van der Waals surface area (Å²) in [5.41, 5.74) is 8.37. The Balaban J connectivity index is 2.62. The maximum absolute atomic E-state index is 5.69. The van der Waals surface area contributed by atoms with Crippen LogP contribution >= 0.6 is 0 Å². The standard InChI is InChI=1S/C10H12N2O/c1-6-3-4-9-8(12-6)5-10(13-9)7(2)11/h3-5,7H,11H2,1-2H3. The third-order valence-electron chi connectivity index (χ3n) is 1.98. The fraction of sp³-hybridized carbons (Fsp3) is 0.300. The van der Waals surface area contributed by atoms with E-state index in [0.717, 1.165) is 22.6 Å². The van der Waals surface area contributed by atoms with E-state index >= 15 is 0 Å². The molecular weight excluding hydrogens is 164 g/mol. The van der Waals surface area contributed by atoms with E-state index in [-0.39, 0.29) is 6.04 Å². The van der Waals surface area contributed by atoms with Gasteiger partial charge in [-0.3, -0.25) is 0 Å². The van der Waals surface area contributed by atoms with E-state index in [0.29, 0.717) is 0 Å². The summed E-state index contributed by atoms with van der Waals surface area (Å²) in [4.78, 5) is 4.33. The molecule has 0 amide bonds. The van der Waals surface area contributed by atoms with Gasteiger partial charge in [-0.25, -0.2) is 4.98 Å². The van der Waals surface area contributed by atoms with Crippen molar-refractivity contribution >= 4 is 11.1 Å². The Labute approximate surface area is 76.6 Å². The van der Waals surface area contributed by atoms with Gasteiger partial charge in [0, 0.05) is 11.8 Å². The average molecular weight is 176 g/mol. The number of rotatable bonds is 1. The molecule has 0 aliphatic carbocycles. The molecule has 0 bridgehead atoms. The summed E-state index contributed by atoms with van der Waals surface area (Å²) in [7, 11) is 0. The number of nitrogens with two attached hydrogens (primary N) is 1. The van der Waals surface area contributed by atoms with Crippen LogP contribution in [0, 0.1) is 6.92 Å². The van der Waals surface area contributed by atoms with Gasteiger partial charge in [-0.05, 0) is 26.0 Å². The third kappa shape index (κ3) is 1.42. The first-order valence-corrected chi connectivity index (χ1v) is 4.29. The highest BCUT2D eigenvalue weighted by Crippen LogP contribution is 2.21. The van der Waals surface area contributed by atoms with Crippen molar-refractivity contribution in [3.8, 4) is 0 Å². The van der Waals surface area contributed by atoms with Gasteiger partial charge >= 0.3 is 0 Å². The smallest absolute Gasteiger partial charge is 0.152 e. The maximum atomic E-state index is 5.69. The Morgan fingerprint density at radius 2 is 2.23 bits per heavy atom. The summed E-state index contributed by atoms with van der Waals surface area (Å²) < 4.78 is 5.50. The number of fused-ring (bicyclic) bond motifs is 1. The lowest BCUT2D eigenvalue weighted by Gasteiger charge is -1.96. The van der Waals surface area contributed by atoms with Crippen LogP contribution in [-0.4, -0.2) is 4.98 Å². The van der Waals surface area contributed by atoms with Gasteiger partial charge in [-0.1, -0.05) is 0 Å². The van der Waals surface area contributed by atoms with Crippen molar-refractivity contribution in [2.45, 2.75) is 19.9 Å². The van der Waals surface area contributed by atoms with Crippen molar-refractivity contribution in [3.05, 3.63) is 29.7 Å². The molecule has 2 aromatic rings. The van der Waals surface area contributed by atoms with E-state index in [1.165, 1.54) is 0 Å². The number of pyridine rings is 1. The van der Waals surface area contributed by atoms with Gasteiger partial charge in [0.1, 0.15) is 11.3 Å². The molecule has 0 fully saturated rings. The Morgan fingerprint density at radius 3 is 2.92 bits per heavy atom. The topological polar surface area (TPSA) is 52.0 Å². The van der Waals surface area contributed by atoms with Crippen molar-refractivity contribution in [2.75, 3.05) is 0 Å². The van der Waals surface area contributed by atoms with Crippen LogP contribution in [0.1, 0.15) is 24.4 Å². The van der Waals surface area contributed by atoms with Crippen LogP contribution in [0.5, 0.6) is 0 Å². The van der Waals surface area contributed by atoms with Crippen LogP contribution < -0.4 is 5.73 Å². The van der Waals surface area contributed by atoms with Crippen LogP contribution in [0.25, 0.3) is 11.1 Å². The molecule has 1 atom stereocenters. The van der Waals surface area contributed by atoms with E-state index in [1.807, 2.05) is 32.0 Å². The molecule has 2 aromatic heterocycles. The second-order valence-electron chi connectivity index (χ2n) is 3.27. The lowest BCUT2D eigenvalue weighted by atomic mass is 10.2. The predicted octanol–water partition coefficient (Wildman–Crippen LogP) is 2.16. The molecule has 0 aliphatic heterocycles. The Morgan fingerprint density at radius 1 is 1.46 bits per heavy atom. The second-order valence-corrected chi connectivity index (χ2v) is 3.27. The van der Waals surface area contributed by atoms with Crippen LogP contribution in [0.3, 0.4) is 0 Å². The number of aryl methyl sites for hydroxylation is 1. The molecule has 13 heavy (non-hydrogen) atoms. The molecular formula is C10H12N2O. The van der Waals surface area contributed by atoms with Gasteiger partial charge < -0.3 is 10.2 Å². The Kier molecular flexibility index (Phi) is 1.81. The highest BCUT2D eigenvalue weighted by molar-refractivity contribution is 5.73. The Hall–Kier alpha value is -1.35. The average Bonchev–Trinajstić information content (AvgIpc) is 2.46. The first kappa shape index (κ1) is 8.26. The molecule has 68 valence electrons. The minimum atomic E-state index is -0.0745. The molecule has 1 unspecified atom stereocenters. The van der Waals surface area contributed by atoms with E-state index in [1.54, 1.807) is 0 Å². The highest BCUT2D eigenvalue weighted by Gasteiger charge is 2.07. The molecule has 2 heterocycles.